The van der Waals surface area contributed by atoms with Gasteiger partial charge in [0.2, 0.25) is 0 Å². The van der Waals surface area contributed by atoms with Gasteiger partial charge in [-0.25, -0.2) is 0 Å². The van der Waals surface area contributed by atoms with Crippen LogP contribution in [0.25, 0.3) is 0 Å². The molecule has 5 heteroatoms. The van der Waals surface area contributed by atoms with E-state index in [1.807, 2.05) is 6.20 Å². The van der Waals surface area contributed by atoms with Crippen LogP contribution in [-0.4, -0.2) is 66.1 Å². The largest absolute Gasteiger partial charge is 0.309 e. The SMILES string of the molecule is CCCNC(CC1CN(C)CCN1C)c1cnccn1. The van der Waals surface area contributed by atoms with Crippen molar-refractivity contribution in [3.8, 4) is 0 Å². The van der Waals surface area contributed by atoms with Gasteiger partial charge in [0.1, 0.15) is 0 Å². The van der Waals surface area contributed by atoms with Crippen molar-refractivity contribution in [2.75, 3.05) is 40.3 Å². The predicted octanol–water partition coefficient (Wildman–Crippen LogP) is 1.15. The molecule has 0 amide bonds. The van der Waals surface area contributed by atoms with Crippen LogP contribution in [-0.2, 0) is 0 Å². The van der Waals surface area contributed by atoms with Crippen LogP contribution < -0.4 is 5.32 Å². The van der Waals surface area contributed by atoms with Crippen LogP contribution >= 0.6 is 0 Å². The summed E-state index contributed by atoms with van der Waals surface area (Å²) in [6.07, 6.45) is 7.63. The Morgan fingerprint density at radius 1 is 1.35 bits per heavy atom. The molecule has 0 aliphatic carbocycles. The van der Waals surface area contributed by atoms with Gasteiger partial charge in [-0.05, 0) is 33.5 Å². The Labute approximate surface area is 122 Å². The normalized spacial score (nSPS) is 22.9. The third-order valence-electron chi connectivity index (χ3n) is 4.07. The Morgan fingerprint density at radius 3 is 2.90 bits per heavy atom. The summed E-state index contributed by atoms with van der Waals surface area (Å²) < 4.78 is 0. The molecule has 5 nitrogen and oxygen atoms in total. The van der Waals surface area contributed by atoms with Crippen molar-refractivity contribution in [2.24, 2.45) is 0 Å². The Kier molecular flexibility index (Phi) is 5.88. The van der Waals surface area contributed by atoms with Gasteiger partial charge < -0.3 is 15.1 Å². The minimum Gasteiger partial charge on any atom is -0.309 e. The minimum absolute atomic E-state index is 0.294. The van der Waals surface area contributed by atoms with Crippen molar-refractivity contribution in [3.05, 3.63) is 24.3 Å². The number of piperazine rings is 1. The second-order valence-electron chi connectivity index (χ2n) is 5.77. The summed E-state index contributed by atoms with van der Waals surface area (Å²) in [6.45, 7) is 6.64. The fraction of sp³-hybridized carbons (Fsp3) is 0.733. The topological polar surface area (TPSA) is 44.3 Å². The smallest absolute Gasteiger partial charge is 0.0756 e. The number of likely N-dealkylation sites (N-methyl/N-ethyl adjacent to an activating group) is 2. The third kappa shape index (κ3) is 4.23. The molecule has 0 aromatic carbocycles. The van der Waals surface area contributed by atoms with Gasteiger partial charge in [-0.1, -0.05) is 6.92 Å². The van der Waals surface area contributed by atoms with Gasteiger partial charge in [0.25, 0.3) is 0 Å². The van der Waals surface area contributed by atoms with Crippen molar-refractivity contribution >= 4 is 0 Å². The summed E-state index contributed by atoms with van der Waals surface area (Å²) >= 11 is 0. The number of nitrogens with zero attached hydrogens (tertiary/aromatic N) is 4. The van der Waals surface area contributed by atoms with E-state index in [9.17, 15) is 0 Å². The number of hydrogen-bond acceptors (Lipinski definition) is 5. The first-order chi connectivity index (χ1) is 9.70. The van der Waals surface area contributed by atoms with Crippen LogP contribution in [0.2, 0.25) is 0 Å². The van der Waals surface area contributed by atoms with Crippen molar-refractivity contribution in [1.29, 1.82) is 0 Å². The maximum Gasteiger partial charge on any atom is 0.0756 e. The van der Waals surface area contributed by atoms with Crippen molar-refractivity contribution in [3.63, 3.8) is 0 Å². The van der Waals surface area contributed by atoms with E-state index in [1.54, 1.807) is 12.4 Å². The summed E-state index contributed by atoms with van der Waals surface area (Å²) in [6, 6.07) is 0.868. The minimum atomic E-state index is 0.294. The number of rotatable bonds is 6. The molecule has 2 unspecified atom stereocenters. The van der Waals surface area contributed by atoms with E-state index >= 15 is 0 Å². The molecule has 112 valence electrons. The first kappa shape index (κ1) is 15.4. The molecule has 0 saturated carbocycles. The van der Waals surface area contributed by atoms with E-state index in [0.29, 0.717) is 12.1 Å². The Morgan fingerprint density at radius 2 is 2.20 bits per heavy atom. The second-order valence-corrected chi connectivity index (χ2v) is 5.77. The van der Waals surface area contributed by atoms with Crippen LogP contribution in [0.15, 0.2) is 18.6 Å². The maximum atomic E-state index is 4.48. The van der Waals surface area contributed by atoms with Crippen LogP contribution in [0.5, 0.6) is 0 Å². The van der Waals surface area contributed by atoms with Crippen LogP contribution in [0.1, 0.15) is 31.5 Å². The average Bonchev–Trinajstić information content (AvgIpc) is 2.48. The maximum absolute atomic E-state index is 4.48. The second kappa shape index (κ2) is 7.67. The fourth-order valence-corrected chi connectivity index (χ4v) is 2.75. The van der Waals surface area contributed by atoms with E-state index in [-0.39, 0.29) is 0 Å². The van der Waals surface area contributed by atoms with Crippen molar-refractivity contribution < 1.29 is 0 Å². The van der Waals surface area contributed by atoms with Gasteiger partial charge in [0, 0.05) is 44.3 Å². The molecule has 2 rings (SSSR count). The van der Waals surface area contributed by atoms with Gasteiger partial charge in [-0.3, -0.25) is 9.97 Å². The van der Waals surface area contributed by atoms with Crippen LogP contribution in [0, 0.1) is 0 Å². The molecule has 1 saturated heterocycles. The van der Waals surface area contributed by atoms with Crippen LogP contribution in [0.4, 0.5) is 0 Å². The summed E-state index contributed by atoms with van der Waals surface area (Å²) in [5.74, 6) is 0. The molecule has 1 aliphatic heterocycles. The standard InChI is InChI=1S/C15H27N5/c1-4-5-17-14(15-11-16-6-7-18-15)10-13-12-19(2)8-9-20(13)3/h6-7,11,13-14,17H,4-5,8-10,12H2,1-3H3. The molecule has 1 fully saturated rings. The lowest BCUT2D eigenvalue weighted by atomic mass is 10.0. The monoisotopic (exact) mass is 277 g/mol. The van der Waals surface area contributed by atoms with E-state index in [0.717, 1.165) is 44.7 Å². The van der Waals surface area contributed by atoms with E-state index in [4.69, 9.17) is 0 Å². The Hall–Kier alpha value is -1.04. The first-order valence-electron chi connectivity index (χ1n) is 7.58. The average molecular weight is 277 g/mol. The molecule has 0 bridgehead atoms. The molecule has 1 aromatic heterocycles. The van der Waals surface area contributed by atoms with Crippen LogP contribution in [0.3, 0.4) is 0 Å². The highest BCUT2D eigenvalue weighted by atomic mass is 15.3. The fourth-order valence-electron chi connectivity index (χ4n) is 2.75. The van der Waals surface area contributed by atoms with Gasteiger partial charge in [0.15, 0.2) is 0 Å². The molecule has 0 spiro atoms. The molecule has 1 aliphatic rings. The molecule has 20 heavy (non-hydrogen) atoms. The predicted molar refractivity (Wildman–Crippen MR) is 81.6 cm³/mol. The molecule has 2 heterocycles. The molecular formula is C15H27N5. The quantitative estimate of drug-likeness (QED) is 0.845. The molecule has 0 radical (unpaired) electrons. The highest BCUT2D eigenvalue weighted by molar-refractivity contribution is 5.03. The number of hydrogen-bond donors (Lipinski definition) is 1. The lowest BCUT2D eigenvalue weighted by Crippen LogP contribution is -2.51. The van der Waals surface area contributed by atoms with Gasteiger partial charge in [-0.15, -0.1) is 0 Å². The zero-order valence-corrected chi connectivity index (χ0v) is 12.9. The number of aromatic nitrogens is 2. The van der Waals surface area contributed by atoms with Crippen molar-refractivity contribution in [1.82, 2.24) is 25.1 Å². The lowest BCUT2D eigenvalue weighted by molar-refractivity contribution is 0.100. The van der Waals surface area contributed by atoms with Crippen molar-refractivity contribution in [2.45, 2.75) is 31.8 Å². The Bertz CT molecular complexity index is 383. The molecule has 2 atom stereocenters. The molecular weight excluding hydrogens is 250 g/mol. The van der Waals surface area contributed by atoms with E-state index in [1.165, 1.54) is 0 Å². The van der Waals surface area contributed by atoms with Gasteiger partial charge in [0.05, 0.1) is 11.7 Å². The summed E-state index contributed by atoms with van der Waals surface area (Å²) in [5, 5.41) is 3.62. The molecule has 1 N–H and O–H groups in total. The van der Waals surface area contributed by atoms with E-state index < -0.39 is 0 Å². The summed E-state index contributed by atoms with van der Waals surface area (Å²) in [7, 11) is 4.43. The lowest BCUT2D eigenvalue weighted by Gasteiger charge is -2.39. The summed E-state index contributed by atoms with van der Waals surface area (Å²) in [4.78, 5) is 13.6. The van der Waals surface area contributed by atoms with Gasteiger partial charge >= 0.3 is 0 Å². The zero-order chi connectivity index (χ0) is 14.4. The van der Waals surface area contributed by atoms with E-state index in [2.05, 4.69) is 46.1 Å². The highest BCUT2D eigenvalue weighted by Crippen LogP contribution is 2.20. The zero-order valence-electron chi connectivity index (χ0n) is 12.9. The molecule has 1 aromatic rings. The number of nitrogens with one attached hydrogen (secondary N) is 1. The first-order valence-corrected chi connectivity index (χ1v) is 7.58. The van der Waals surface area contributed by atoms with Gasteiger partial charge in [-0.2, -0.15) is 0 Å². The highest BCUT2D eigenvalue weighted by Gasteiger charge is 2.26. The Balaban J connectivity index is 2.03. The summed E-state index contributed by atoms with van der Waals surface area (Å²) in [5.41, 5.74) is 1.06. The third-order valence-corrected chi connectivity index (χ3v) is 4.07.